The smallest absolute Gasteiger partial charge is 0.330 e. The zero-order valence-electron chi connectivity index (χ0n) is 20.3. The molecule has 36 heavy (non-hydrogen) atoms. The Morgan fingerprint density at radius 1 is 1.06 bits per heavy atom. The van der Waals surface area contributed by atoms with Crippen LogP contribution in [-0.2, 0) is 6.54 Å². The van der Waals surface area contributed by atoms with E-state index in [4.69, 9.17) is 4.98 Å². The van der Waals surface area contributed by atoms with Crippen molar-refractivity contribution in [3.8, 4) is 6.07 Å². The zero-order chi connectivity index (χ0) is 25.1. The normalized spacial score (nSPS) is 14.6. The lowest BCUT2D eigenvalue weighted by atomic mass is 9.97. The monoisotopic (exact) mass is 483 g/mol. The molecule has 1 aliphatic rings. The minimum absolute atomic E-state index is 0.287. The number of imidazole rings is 1. The van der Waals surface area contributed by atoms with Crippen molar-refractivity contribution in [2.24, 2.45) is 0 Å². The highest BCUT2D eigenvalue weighted by atomic mass is 16.2. The molecule has 9 nitrogen and oxygen atoms in total. The molecule has 1 saturated heterocycles. The van der Waals surface area contributed by atoms with Gasteiger partial charge in [-0.05, 0) is 23.6 Å². The van der Waals surface area contributed by atoms with Crippen molar-refractivity contribution in [3.63, 3.8) is 0 Å². The second-order valence-electron chi connectivity index (χ2n) is 9.03. The highest BCUT2D eigenvalue weighted by Crippen LogP contribution is 2.33. The average Bonchev–Trinajstić information content (AvgIpc) is 3.31. The lowest BCUT2D eigenvalue weighted by molar-refractivity contribution is 0.518. The van der Waals surface area contributed by atoms with Crippen molar-refractivity contribution in [1.29, 1.82) is 5.26 Å². The summed E-state index contributed by atoms with van der Waals surface area (Å²) in [6.07, 6.45) is 1.55. The molecule has 1 aliphatic heterocycles. The number of aromatic nitrogens is 4. The maximum atomic E-state index is 13.4. The van der Waals surface area contributed by atoms with E-state index in [-0.39, 0.29) is 12.6 Å². The van der Waals surface area contributed by atoms with Gasteiger partial charge in [0.15, 0.2) is 11.2 Å². The molecule has 184 valence electrons. The van der Waals surface area contributed by atoms with Crippen LogP contribution in [0.5, 0.6) is 0 Å². The van der Waals surface area contributed by atoms with Crippen LogP contribution in [0.15, 0.2) is 64.2 Å². The summed E-state index contributed by atoms with van der Waals surface area (Å²) >= 11 is 0. The molecule has 9 heteroatoms. The predicted molar refractivity (Wildman–Crippen MR) is 139 cm³/mol. The van der Waals surface area contributed by atoms with Crippen LogP contribution in [0, 0.1) is 11.3 Å². The molecule has 5 rings (SSSR count). The van der Waals surface area contributed by atoms with Gasteiger partial charge in [0.25, 0.3) is 5.56 Å². The first kappa shape index (κ1) is 23.6. The fourth-order valence-corrected chi connectivity index (χ4v) is 5.01. The summed E-state index contributed by atoms with van der Waals surface area (Å²) in [5.74, 6) is 0.649. The Morgan fingerprint density at radius 3 is 2.50 bits per heavy atom. The Hall–Kier alpha value is -4.16. The Bertz CT molecular complexity index is 1520. The fraction of sp³-hybridized carbons (Fsp3) is 0.333. The summed E-state index contributed by atoms with van der Waals surface area (Å²) in [6, 6.07) is 19.2. The van der Waals surface area contributed by atoms with Crippen molar-refractivity contribution in [1.82, 2.24) is 24.4 Å². The second kappa shape index (κ2) is 10.2. The SMILES string of the molecule is CCCC(c1ccccc1C#N)n1c(N2CCNCC2)nc2c1c(=O)[nH]c(=O)n2Cc1ccccc1. The largest absolute Gasteiger partial charge is 0.340 e. The standard InChI is InChI=1S/C27H29N7O2/c1-2-8-22(21-12-7-6-11-20(21)17-28)34-23-24(30-26(34)32-15-13-29-14-16-32)33(27(36)31-25(23)35)18-19-9-4-3-5-10-19/h3-7,9-12,22,29H,2,8,13-16,18H2,1H3,(H,31,35,36). The highest BCUT2D eigenvalue weighted by Gasteiger charge is 2.29. The van der Waals surface area contributed by atoms with Gasteiger partial charge in [-0.15, -0.1) is 0 Å². The third kappa shape index (κ3) is 4.32. The van der Waals surface area contributed by atoms with Crippen molar-refractivity contribution in [2.45, 2.75) is 32.4 Å². The first-order valence-electron chi connectivity index (χ1n) is 12.4. The molecular weight excluding hydrogens is 454 g/mol. The van der Waals surface area contributed by atoms with E-state index < -0.39 is 11.2 Å². The molecule has 0 bridgehead atoms. The number of H-pyrrole nitrogens is 1. The van der Waals surface area contributed by atoms with Gasteiger partial charge < -0.3 is 10.2 Å². The summed E-state index contributed by atoms with van der Waals surface area (Å²) in [5.41, 5.74) is 2.10. The van der Waals surface area contributed by atoms with Crippen LogP contribution in [0.3, 0.4) is 0 Å². The number of hydrogen-bond acceptors (Lipinski definition) is 6. The van der Waals surface area contributed by atoms with Gasteiger partial charge in [0, 0.05) is 26.2 Å². The van der Waals surface area contributed by atoms with E-state index in [2.05, 4.69) is 28.2 Å². The molecule has 2 aromatic carbocycles. The average molecular weight is 484 g/mol. The fourth-order valence-electron chi connectivity index (χ4n) is 5.01. The molecule has 0 radical (unpaired) electrons. The number of fused-ring (bicyclic) bond motifs is 1. The molecule has 0 spiro atoms. The molecule has 0 amide bonds. The van der Waals surface area contributed by atoms with Crippen LogP contribution >= 0.6 is 0 Å². The Balaban J connectivity index is 1.80. The summed E-state index contributed by atoms with van der Waals surface area (Å²) in [6.45, 7) is 5.42. The lowest BCUT2D eigenvalue weighted by Crippen LogP contribution is -2.45. The summed E-state index contributed by atoms with van der Waals surface area (Å²) in [4.78, 5) is 36.1. The number of nitrogens with zero attached hydrogens (tertiary/aromatic N) is 5. The van der Waals surface area contributed by atoms with E-state index in [0.29, 0.717) is 29.1 Å². The first-order valence-corrected chi connectivity index (χ1v) is 12.4. The van der Waals surface area contributed by atoms with Gasteiger partial charge in [-0.2, -0.15) is 10.2 Å². The van der Waals surface area contributed by atoms with E-state index in [0.717, 1.165) is 43.7 Å². The minimum Gasteiger partial charge on any atom is -0.340 e. The minimum atomic E-state index is -0.489. The van der Waals surface area contributed by atoms with Gasteiger partial charge in [0.05, 0.1) is 24.2 Å². The van der Waals surface area contributed by atoms with Crippen molar-refractivity contribution in [2.75, 3.05) is 31.1 Å². The number of piperazine rings is 1. The number of rotatable bonds is 7. The molecule has 0 saturated carbocycles. The van der Waals surface area contributed by atoms with Crippen LogP contribution in [0.1, 0.15) is 42.5 Å². The molecule has 1 fully saturated rings. The van der Waals surface area contributed by atoms with Gasteiger partial charge in [-0.3, -0.25) is 18.9 Å². The molecule has 3 heterocycles. The maximum Gasteiger partial charge on any atom is 0.330 e. The third-order valence-corrected chi connectivity index (χ3v) is 6.71. The van der Waals surface area contributed by atoms with Crippen LogP contribution < -0.4 is 21.5 Å². The van der Waals surface area contributed by atoms with E-state index in [1.54, 1.807) is 6.07 Å². The lowest BCUT2D eigenvalue weighted by Gasteiger charge is -2.31. The van der Waals surface area contributed by atoms with E-state index in [1.165, 1.54) is 4.57 Å². The van der Waals surface area contributed by atoms with Gasteiger partial charge in [0.2, 0.25) is 5.95 Å². The summed E-state index contributed by atoms with van der Waals surface area (Å²) < 4.78 is 3.49. The van der Waals surface area contributed by atoms with Crippen LogP contribution in [0.2, 0.25) is 0 Å². The van der Waals surface area contributed by atoms with Gasteiger partial charge in [-0.25, -0.2) is 4.79 Å². The van der Waals surface area contributed by atoms with Crippen LogP contribution in [-0.4, -0.2) is 45.3 Å². The molecular formula is C27H29N7O2. The summed E-state index contributed by atoms with van der Waals surface area (Å²) in [5, 5.41) is 13.2. The summed E-state index contributed by atoms with van der Waals surface area (Å²) in [7, 11) is 0. The molecule has 4 aromatic rings. The van der Waals surface area contributed by atoms with E-state index >= 15 is 0 Å². The number of hydrogen-bond donors (Lipinski definition) is 2. The van der Waals surface area contributed by atoms with Crippen molar-refractivity contribution in [3.05, 3.63) is 92.1 Å². The zero-order valence-corrected chi connectivity index (χ0v) is 20.3. The topological polar surface area (TPSA) is 112 Å². The Morgan fingerprint density at radius 2 is 1.78 bits per heavy atom. The van der Waals surface area contributed by atoms with Gasteiger partial charge >= 0.3 is 5.69 Å². The predicted octanol–water partition coefficient (Wildman–Crippen LogP) is 2.61. The number of nitriles is 1. The number of aromatic amines is 1. The molecule has 1 unspecified atom stereocenters. The molecule has 2 aromatic heterocycles. The van der Waals surface area contributed by atoms with Crippen LogP contribution in [0.4, 0.5) is 5.95 Å². The van der Waals surface area contributed by atoms with E-state index in [1.807, 2.05) is 53.1 Å². The van der Waals surface area contributed by atoms with Crippen molar-refractivity contribution >= 4 is 17.1 Å². The van der Waals surface area contributed by atoms with Crippen LogP contribution in [0.25, 0.3) is 11.2 Å². The first-order chi connectivity index (χ1) is 17.6. The Kier molecular flexibility index (Phi) is 6.69. The highest BCUT2D eigenvalue weighted by molar-refractivity contribution is 5.75. The number of anilines is 1. The molecule has 0 aliphatic carbocycles. The molecule has 2 N–H and O–H groups in total. The quantitative estimate of drug-likeness (QED) is 0.418. The Labute approximate surface area is 208 Å². The third-order valence-electron chi connectivity index (χ3n) is 6.71. The number of nitrogens with one attached hydrogen (secondary N) is 2. The van der Waals surface area contributed by atoms with E-state index in [9.17, 15) is 14.9 Å². The van der Waals surface area contributed by atoms with Crippen molar-refractivity contribution < 1.29 is 0 Å². The number of benzene rings is 2. The molecule has 1 atom stereocenters. The van der Waals surface area contributed by atoms with Gasteiger partial charge in [-0.1, -0.05) is 61.9 Å². The second-order valence-corrected chi connectivity index (χ2v) is 9.03. The maximum absolute atomic E-state index is 13.4. The van der Waals surface area contributed by atoms with Gasteiger partial charge in [0.1, 0.15) is 0 Å².